The van der Waals surface area contributed by atoms with E-state index < -0.39 is 42.0 Å². The van der Waals surface area contributed by atoms with E-state index in [1.165, 1.54) is 0 Å². The second kappa shape index (κ2) is 14.9. The molecular formula is C23H35N7O5S. The molecule has 0 aliphatic carbocycles. The zero-order valence-corrected chi connectivity index (χ0v) is 20.9. The molecule has 0 saturated carbocycles. The Labute approximate surface area is 215 Å². The summed E-state index contributed by atoms with van der Waals surface area (Å²) in [5.41, 5.74) is 11.5. The van der Waals surface area contributed by atoms with Gasteiger partial charge in [0.25, 0.3) is 0 Å². The van der Waals surface area contributed by atoms with Gasteiger partial charge in [-0.2, -0.15) is 12.6 Å². The second-order valence-electron chi connectivity index (χ2n) is 8.49. The van der Waals surface area contributed by atoms with Crippen LogP contribution in [-0.2, 0) is 25.6 Å². The highest BCUT2D eigenvalue weighted by Crippen LogP contribution is 2.09. The summed E-state index contributed by atoms with van der Waals surface area (Å²) in [4.78, 5) is 54.2. The number of benzene rings is 1. The van der Waals surface area contributed by atoms with Crippen LogP contribution in [0.1, 0.15) is 31.2 Å². The zero-order chi connectivity index (χ0) is 26.5. The largest absolute Gasteiger partial charge is 0.480 e. The Morgan fingerprint density at radius 3 is 2.31 bits per heavy atom. The van der Waals surface area contributed by atoms with Gasteiger partial charge < -0.3 is 37.8 Å². The van der Waals surface area contributed by atoms with Gasteiger partial charge in [-0.1, -0.05) is 30.3 Å². The predicted octanol–water partition coefficient (Wildman–Crippen LogP) is -1.50. The van der Waals surface area contributed by atoms with Crippen molar-refractivity contribution in [3.63, 3.8) is 0 Å². The molecule has 4 unspecified atom stereocenters. The Balaban J connectivity index is 2.17. The maximum Gasteiger partial charge on any atom is 0.327 e. The van der Waals surface area contributed by atoms with Crippen molar-refractivity contribution >= 4 is 42.3 Å². The van der Waals surface area contributed by atoms with Crippen LogP contribution in [-0.4, -0.2) is 77.8 Å². The summed E-state index contributed by atoms with van der Waals surface area (Å²) in [6.45, 7) is 0.981. The SMILES string of the molecule is NC(N)=NCCCC(NC(=O)C1CCCN1)C(=O)NC(Cc1ccccc1)C(=O)NC(CS)C(=O)O. The highest BCUT2D eigenvalue weighted by Gasteiger charge is 2.31. The summed E-state index contributed by atoms with van der Waals surface area (Å²) >= 11 is 3.98. The number of carbonyl (C=O) groups is 4. The van der Waals surface area contributed by atoms with Crippen molar-refractivity contribution in [3.05, 3.63) is 35.9 Å². The molecule has 1 fully saturated rings. The maximum atomic E-state index is 13.3. The lowest BCUT2D eigenvalue weighted by Gasteiger charge is -2.25. The van der Waals surface area contributed by atoms with Crippen LogP contribution >= 0.6 is 12.6 Å². The molecule has 1 aromatic carbocycles. The van der Waals surface area contributed by atoms with Crippen LogP contribution in [0.4, 0.5) is 0 Å². The molecule has 0 aromatic heterocycles. The monoisotopic (exact) mass is 521 g/mol. The molecule has 0 radical (unpaired) electrons. The van der Waals surface area contributed by atoms with Gasteiger partial charge in [0.15, 0.2) is 5.96 Å². The van der Waals surface area contributed by atoms with Crippen LogP contribution in [0.25, 0.3) is 0 Å². The number of thiol groups is 1. The Hall–Kier alpha value is -3.32. The second-order valence-corrected chi connectivity index (χ2v) is 8.86. The van der Waals surface area contributed by atoms with Crippen molar-refractivity contribution < 1.29 is 24.3 Å². The number of nitrogens with zero attached hydrogens (tertiary/aromatic N) is 1. The number of amides is 3. The number of rotatable bonds is 14. The van der Waals surface area contributed by atoms with E-state index in [0.717, 1.165) is 12.0 Å². The van der Waals surface area contributed by atoms with E-state index in [4.69, 9.17) is 11.5 Å². The fraction of sp³-hybridized carbons (Fsp3) is 0.522. The third-order valence-corrected chi connectivity index (χ3v) is 6.03. The van der Waals surface area contributed by atoms with E-state index in [1.807, 2.05) is 6.07 Å². The first-order valence-corrected chi connectivity index (χ1v) is 12.4. The molecule has 4 atom stereocenters. The molecule has 2 rings (SSSR count). The molecule has 1 aliphatic rings. The Kier molecular flexibility index (Phi) is 12.0. The summed E-state index contributed by atoms with van der Waals surface area (Å²) in [6, 6.07) is 5.34. The van der Waals surface area contributed by atoms with E-state index in [-0.39, 0.29) is 37.0 Å². The number of carboxylic acid groups (broad SMARTS) is 1. The lowest BCUT2D eigenvalue weighted by Crippen LogP contribution is -2.57. The van der Waals surface area contributed by atoms with Gasteiger partial charge in [0, 0.05) is 18.7 Å². The van der Waals surface area contributed by atoms with E-state index in [1.54, 1.807) is 24.3 Å². The lowest BCUT2D eigenvalue weighted by atomic mass is 10.0. The van der Waals surface area contributed by atoms with E-state index in [0.29, 0.717) is 19.4 Å². The predicted molar refractivity (Wildman–Crippen MR) is 138 cm³/mol. The fourth-order valence-corrected chi connectivity index (χ4v) is 3.99. The van der Waals surface area contributed by atoms with Crippen molar-refractivity contribution in [3.8, 4) is 0 Å². The fourth-order valence-electron chi connectivity index (χ4n) is 3.74. The highest BCUT2D eigenvalue weighted by molar-refractivity contribution is 7.80. The van der Waals surface area contributed by atoms with Crippen LogP contribution in [0.3, 0.4) is 0 Å². The molecule has 9 N–H and O–H groups in total. The van der Waals surface area contributed by atoms with E-state index in [2.05, 4.69) is 38.9 Å². The number of nitrogens with two attached hydrogens (primary N) is 2. The van der Waals surface area contributed by atoms with Crippen LogP contribution in [0.5, 0.6) is 0 Å². The number of guanidine groups is 1. The molecule has 36 heavy (non-hydrogen) atoms. The number of carboxylic acids is 1. The Morgan fingerprint density at radius 2 is 1.72 bits per heavy atom. The topological polar surface area (TPSA) is 201 Å². The van der Waals surface area contributed by atoms with Crippen molar-refractivity contribution in [1.29, 1.82) is 0 Å². The van der Waals surface area contributed by atoms with Crippen molar-refractivity contribution in [1.82, 2.24) is 21.3 Å². The molecule has 198 valence electrons. The van der Waals surface area contributed by atoms with Gasteiger partial charge >= 0.3 is 5.97 Å². The number of carbonyl (C=O) groups excluding carboxylic acids is 3. The van der Waals surface area contributed by atoms with Crippen LogP contribution in [0.2, 0.25) is 0 Å². The summed E-state index contributed by atoms with van der Waals surface area (Å²) in [5, 5.41) is 20.2. The molecule has 0 bridgehead atoms. The number of nitrogens with one attached hydrogen (secondary N) is 4. The van der Waals surface area contributed by atoms with Gasteiger partial charge in [-0.05, 0) is 37.8 Å². The number of hydrogen-bond donors (Lipinski definition) is 8. The molecule has 3 amide bonds. The average Bonchev–Trinajstić information content (AvgIpc) is 3.39. The van der Waals surface area contributed by atoms with Gasteiger partial charge in [-0.25, -0.2) is 4.79 Å². The number of aliphatic carboxylic acids is 1. The zero-order valence-electron chi connectivity index (χ0n) is 20.0. The molecule has 12 nitrogen and oxygen atoms in total. The highest BCUT2D eigenvalue weighted by atomic mass is 32.1. The van der Waals surface area contributed by atoms with Gasteiger partial charge in [0.05, 0.1) is 6.04 Å². The van der Waals surface area contributed by atoms with Gasteiger partial charge in [0.2, 0.25) is 17.7 Å². The van der Waals surface area contributed by atoms with E-state index in [9.17, 15) is 24.3 Å². The Morgan fingerprint density at radius 1 is 1.06 bits per heavy atom. The standard InChI is InChI=1S/C23H35N7O5S/c24-23(25)27-11-5-9-16(28-19(31)15-8-4-10-26-15)20(32)29-17(12-14-6-2-1-3-7-14)21(33)30-18(13-36)22(34)35/h1-3,6-7,15-18,26,36H,4-5,8-13H2,(H,28,31)(H,29,32)(H,30,33)(H,34,35)(H4,24,25,27). The third kappa shape index (κ3) is 9.74. The molecule has 1 saturated heterocycles. The van der Waals surface area contributed by atoms with Crippen molar-refractivity contribution in [2.24, 2.45) is 16.5 Å². The summed E-state index contributed by atoms with van der Waals surface area (Å²) in [6.07, 6.45) is 2.28. The maximum absolute atomic E-state index is 13.3. The normalized spacial score (nSPS) is 17.3. The minimum absolute atomic E-state index is 0.0769. The van der Waals surface area contributed by atoms with Gasteiger partial charge in [0.1, 0.15) is 18.1 Å². The van der Waals surface area contributed by atoms with Crippen LogP contribution < -0.4 is 32.7 Å². The van der Waals surface area contributed by atoms with Gasteiger partial charge in [-0.15, -0.1) is 0 Å². The average molecular weight is 522 g/mol. The minimum Gasteiger partial charge on any atom is -0.480 e. The molecular weight excluding hydrogens is 486 g/mol. The number of hydrogen-bond acceptors (Lipinski definition) is 7. The van der Waals surface area contributed by atoms with E-state index >= 15 is 0 Å². The first kappa shape index (κ1) is 28.9. The van der Waals surface area contributed by atoms with Crippen LogP contribution in [0.15, 0.2) is 35.3 Å². The summed E-state index contributed by atoms with van der Waals surface area (Å²) in [7, 11) is 0. The molecule has 13 heteroatoms. The van der Waals surface area contributed by atoms with Crippen LogP contribution in [0, 0.1) is 0 Å². The molecule has 1 heterocycles. The van der Waals surface area contributed by atoms with Crippen molar-refractivity contribution in [2.45, 2.75) is 56.3 Å². The van der Waals surface area contributed by atoms with Crippen molar-refractivity contribution in [2.75, 3.05) is 18.8 Å². The van der Waals surface area contributed by atoms with Gasteiger partial charge in [-0.3, -0.25) is 19.4 Å². The lowest BCUT2D eigenvalue weighted by molar-refractivity contribution is -0.141. The Bertz CT molecular complexity index is 921. The summed E-state index contributed by atoms with van der Waals surface area (Å²) < 4.78 is 0. The first-order valence-electron chi connectivity index (χ1n) is 11.8. The first-order chi connectivity index (χ1) is 17.2. The molecule has 0 spiro atoms. The molecule has 1 aliphatic heterocycles. The third-order valence-electron chi connectivity index (χ3n) is 5.67. The summed E-state index contributed by atoms with van der Waals surface area (Å²) in [5.74, 6) is -2.98. The minimum atomic E-state index is -1.24. The number of aliphatic imine (C=N–C) groups is 1. The smallest absolute Gasteiger partial charge is 0.327 e. The quantitative estimate of drug-likeness (QED) is 0.0625. The molecule has 1 aromatic rings.